The molecule has 1 fully saturated rings. The second-order valence-electron chi connectivity index (χ2n) is 4.59. The highest BCUT2D eigenvalue weighted by Gasteiger charge is 2.20. The molecule has 4 nitrogen and oxygen atoms in total. The molecule has 3 rings (SSSR count). The summed E-state index contributed by atoms with van der Waals surface area (Å²) in [5, 5.41) is 4.62. The van der Waals surface area contributed by atoms with Crippen LogP contribution in [0.2, 0.25) is 0 Å². The fraction of sp³-hybridized carbons (Fsp3) is 0.500. The fourth-order valence-electron chi connectivity index (χ4n) is 2.46. The first-order valence-electron chi connectivity index (χ1n) is 5.82. The van der Waals surface area contributed by atoms with Crippen LogP contribution in [0.15, 0.2) is 24.5 Å². The van der Waals surface area contributed by atoms with Crippen LogP contribution in [0.3, 0.4) is 0 Å². The van der Waals surface area contributed by atoms with Gasteiger partial charge in [-0.15, -0.1) is 0 Å². The molecule has 16 heavy (non-hydrogen) atoms. The van der Waals surface area contributed by atoms with Gasteiger partial charge in [-0.25, -0.2) is 9.50 Å². The molecule has 0 spiro atoms. The zero-order chi connectivity index (χ0) is 11.0. The lowest BCUT2D eigenvalue weighted by Gasteiger charge is -2.29. The number of hydrogen-bond donors (Lipinski definition) is 0. The van der Waals surface area contributed by atoms with Crippen molar-refractivity contribution >= 4 is 5.65 Å². The first kappa shape index (κ1) is 9.78. The summed E-state index contributed by atoms with van der Waals surface area (Å²) >= 11 is 0. The van der Waals surface area contributed by atoms with Crippen molar-refractivity contribution in [3.8, 4) is 0 Å². The largest absolute Gasteiger partial charge is 0.306 e. The Hall–Kier alpha value is -1.42. The van der Waals surface area contributed by atoms with Crippen LogP contribution in [-0.2, 0) is 0 Å². The van der Waals surface area contributed by atoms with Gasteiger partial charge < -0.3 is 4.90 Å². The van der Waals surface area contributed by atoms with Crippen LogP contribution in [0, 0.1) is 0 Å². The Balaban J connectivity index is 1.92. The maximum Gasteiger partial charge on any atom is 0.153 e. The normalized spacial score (nSPS) is 22.7. The van der Waals surface area contributed by atoms with E-state index < -0.39 is 0 Å². The van der Waals surface area contributed by atoms with Crippen LogP contribution in [0.25, 0.3) is 5.65 Å². The third kappa shape index (κ3) is 1.69. The maximum absolute atomic E-state index is 4.62. The van der Waals surface area contributed by atoms with Crippen LogP contribution in [0.4, 0.5) is 0 Å². The summed E-state index contributed by atoms with van der Waals surface area (Å²) in [6.07, 6.45) is 6.22. The molecule has 0 aromatic carbocycles. The van der Waals surface area contributed by atoms with Crippen molar-refractivity contribution in [3.05, 3.63) is 30.2 Å². The Kier molecular flexibility index (Phi) is 2.36. The maximum atomic E-state index is 4.62. The van der Waals surface area contributed by atoms with Crippen molar-refractivity contribution < 1.29 is 0 Å². The van der Waals surface area contributed by atoms with E-state index in [0.717, 1.165) is 12.2 Å². The highest BCUT2D eigenvalue weighted by atomic mass is 15.2. The van der Waals surface area contributed by atoms with E-state index in [9.17, 15) is 0 Å². The van der Waals surface area contributed by atoms with Crippen LogP contribution in [0.1, 0.15) is 24.5 Å². The predicted octanol–water partition coefficient (Wildman–Crippen LogP) is 1.54. The number of nitrogens with zero attached hydrogens (tertiary/aromatic N) is 4. The van der Waals surface area contributed by atoms with Crippen molar-refractivity contribution in [2.45, 2.75) is 18.8 Å². The number of piperidine rings is 1. The number of rotatable bonds is 1. The molecule has 4 heteroatoms. The van der Waals surface area contributed by atoms with Gasteiger partial charge in [0.1, 0.15) is 0 Å². The van der Waals surface area contributed by atoms with Crippen LogP contribution < -0.4 is 0 Å². The SMILES string of the molecule is CN1CCCC(c2ccc3nccn3n2)C1. The first-order valence-corrected chi connectivity index (χ1v) is 5.82. The Bertz CT molecular complexity index is 490. The summed E-state index contributed by atoms with van der Waals surface area (Å²) in [6, 6.07) is 4.17. The zero-order valence-electron chi connectivity index (χ0n) is 9.50. The van der Waals surface area contributed by atoms with Crippen LogP contribution >= 0.6 is 0 Å². The topological polar surface area (TPSA) is 33.4 Å². The number of aromatic nitrogens is 3. The third-order valence-electron chi connectivity index (χ3n) is 3.32. The van der Waals surface area contributed by atoms with Crippen molar-refractivity contribution in [2.24, 2.45) is 0 Å². The van der Waals surface area contributed by atoms with E-state index in [1.54, 1.807) is 6.20 Å². The lowest BCUT2D eigenvalue weighted by atomic mass is 9.95. The highest BCUT2D eigenvalue weighted by molar-refractivity contribution is 5.36. The van der Waals surface area contributed by atoms with Gasteiger partial charge in [-0.3, -0.25) is 0 Å². The van der Waals surface area contributed by atoms with E-state index in [-0.39, 0.29) is 0 Å². The molecule has 1 atom stereocenters. The zero-order valence-corrected chi connectivity index (χ0v) is 9.50. The van der Waals surface area contributed by atoms with E-state index in [4.69, 9.17) is 0 Å². The Morgan fingerprint density at radius 1 is 1.38 bits per heavy atom. The summed E-state index contributed by atoms with van der Waals surface area (Å²) in [5.74, 6) is 0.575. The van der Waals surface area contributed by atoms with Gasteiger partial charge in [0.25, 0.3) is 0 Å². The summed E-state index contributed by atoms with van der Waals surface area (Å²) in [6.45, 7) is 2.33. The number of imidazole rings is 1. The Morgan fingerprint density at radius 2 is 2.31 bits per heavy atom. The molecule has 1 unspecified atom stereocenters. The monoisotopic (exact) mass is 216 g/mol. The van der Waals surface area contributed by atoms with Crippen molar-refractivity contribution in [2.75, 3.05) is 20.1 Å². The summed E-state index contributed by atoms with van der Waals surface area (Å²) in [4.78, 5) is 6.59. The molecule has 0 amide bonds. The minimum Gasteiger partial charge on any atom is -0.306 e. The van der Waals surface area contributed by atoms with Crippen molar-refractivity contribution in [1.29, 1.82) is 0 Å². The van der Waals surface area contributed by atoms with Gasteiger partial charge in [-0.05, 0) is 38.6 Å². The molecule has 1 saturated heterocycles. The van der Waals surface area contributed by atoms with Gasteiger partial charge in [0.05, 0.1) is 5.69 Å². The van der Waals surface area contributed by atoms with Gasteiger partial charge in [0.15, 0.2) is 5.65 Å². The van der Waals surface area contributed by atoms with Crippen molar-refractivity contribution in [3.63, 3.8) is 0 Å². The van der Waals surface area contributed by atoms with E-state index in [2.05, 4.69) is 34.2 Å². The van der Waals surface area contributed by atoms with Gasteiger partial charge in [-0.2, -0.15) is 5.10 Å². The van der Waals surface area contributed by atoms with Gasteiger partial charge >= 0.3 is 0 Å². The Labute approximate surface area is 94.9 Å². The Morgan fingerprint density at radius 3 is 3.19 bits per heavy atom. The number of likely N-dealkylation sites (N-methyl/N-ethyl adjacent to an activating group) is 1. The number of hydrogen-bond acceptors (Lipinski definition) is 3. The molecule has 2 aromatic heterocycles. The molecule has 0 N–H and O–H groups in total. The van der Waals surface area contributed by atoms with Gasteiger partial charge in [-0.1, -0.05) is 0 Å². The van der Waals surface area contributed by atoms with E-state index in [1.165, 1.54) is 25.1 Å². The molecule has 3 heterocycles. The molecule has 0 saturated carbocycles. The van der Waals surface area contributed by atoms with Gasteiger partial charge in [0.2, 0.25) is 0 Å². The average molecular weight is 216 g/mol. The second-order valence-corrected chi connectivity index (χ2v) is 4.59. The van der Waals surface area contributed by atoms with Crippen LogP contribution in [-0.4, -0.2) is 39.6 Å². The molecule has 84 valence electrons. The quantitative estimate of drug-likeness (QED) is 0.725. The standard InChI is InChI=1S/C12H16N4/c1-15-7-2-3-10(9-15)11-4-5-12-13-6-8-16(12)14-11/h4-6,8,10H,2-3,7,9H2,1H3. The first-order chi connectivity index (χ1) is 7.83. The van der Waals surface area contributed by atoms with Gasteiger partial charge in [0, 0.05) is 24.9 Å². The molecule has 2 aromatic rings. The summed E-state index contributed by atoms with van der Waals surface area (Å²) < 4.78 is 1.87. The minimum absolute atomic E-state index is 0.575. The smallest absolute Gasteiger partial charge is 0.153 e. The van der Waals surface area contributed by atoms with Crippen LogP contribution in [0.5, 0.6) is 0 Å². The molecule has 0 radical (unpaired) electrons. The molecule has 1 aliphatic rings. The molecular formula is C12H16N4. The lowest BCUT2D eigenvalue weighted by molar-refractivity contribution is 0.247. The second kappa shape index (κ2) is 3.87. The average Bonchev–Trinajstić information content (AvgIpc) is 2.75. The lowest BCUT2D eigenvalue weighted by Crippen LogP contribution is -2.31. The molecular weight excluding hydrogens is 200 g/mol. The van der Waals surface area contributed by atoms with E-state index in [1.807, 2.05) is 10.7 Å². The predicted molar refractivity (Wildman–Crippen MR) is 62.5 cm³/mol. The number of likely N-dealkylation sites (tertiary alicyclic amines) is 1. The van der Waals surface area contributed by atoms with E-state index >= 15 is 0 Å². The van der Waals surface area contributed by atoms with Crippen molar-refractivity contribution in [1.82, 2.24) is 19.5 Å². The molecule has 0 aliphatic carbocycles. The number of fused-ring (bicyclic) bond motifs is 1. The molecule has 0 bridgehead atoms. The van der Waals surface area contributed by atoms with E-state index in [0.29, 0.717) is 5.92 Å². The highest BCUT2D eigenvalue weighted by Crippen LogP contribution is 2.24. The third-order valence-corrected chi connectivity index (χ3v) is 3.32. The molecule has 1 aliphatic heterocycles. The summed E-state index contributed by atoms with van der Waals surface area (Å²) in [5.41, 5.74) is 2.12. The fourth-order valence-corrected chi connectivity index (χ4v) is 2.46. The minimum atomic E-state index is 0.575. The summed E-state index contributed by atoms with van der Waals surface area (Å²) in [7, 11) is 2.18.